The maximum absolute atomic E-state index is 12.2. The molecule has 0 aliphatic carbocycles. The second-order valence-corrected chi connectivity index (χ2v) is 32.1. The number of nitrogens with zero attached hydrogens (tertiary/aromatic N) is 15. The fourth-order valence-corrected chi connectivity index (χ4v) is 14.2. The number of nitriles is 1. The van der Waals surface area contributed by atoms with Gasteiger partial charge in [-0.25, -0.2) is 4.98 Å². The van der Waals surface area contributed by atoms with Crippen LogP contribution >= 0.6 is 23.5 Å². The third-order valence-corrected chi connectivity index (χ3v) is 20.6. The fraction of sp³-hybridized carbons (Fsp3) is 0.250. The Balaban J connectivity index is 1.22. The lowest BCUT2D eigenvalue weighted by Crippen LogP contribution is -2.17. The molecule has 37 nitrogen and oxygen atoms in total. The topological polar surface area (TPSA) is 559 Å². The first-order chi connectivity index (χ1) is 49.1. The molecule has 6 aromatic carbocycles. The number of aryl methyl sites for hydroxylation is 2. The normalized spacial score (nSPS) is 12.5. The zero-order chi connectivity index (χ0) is 75.3. The molecule has 104 heavy (non-hydrogen) atoms. The molecule has 0 saturated carbocycles. The van der Waals surface area contributed by atoms with Gasteiger partial charge >= 0.3 is 0 Å². The van der Waals surface area contributed by atoms with E-state index >= 15 is 0 Å². The number of imidazole rings is 1. The number of anilines is 5. The van der Waals surface area contributed by atoms with E-state index < -0.39 is 95.8 Å². The van der Waals surface area contributed by atoms with Crippen LogP contribution in [0, 0.1) is 35.3 Å². The molecule has 0 unspecified atom stereocenters. The number of para-hydroxylation sites is 3. The van der Waals surface area contributed by atoms with Gasteiger partial charge < -0.3 is 25.8 Å². The minimum absolute atomic E-state index is 0.00280. The van der Waals surface area contributed by atoms with Crippen molar-refractivity contribution >= 4 is 171 Å². The van der Waals surface area contributed by atoms with E-state index in [1.165, 1.54) is 77.2 Å². The van der Waals surface area contributed by atoms with E-state index in [1.807, 2.05) is 0 Å². The number of aromatic nitrogens is 5. The lowest BCUT2D eigenvalue weighted by molar-refractivity contribution is -0.384. The van der Waals surface area contributed by atoms with Gasteiger partial charge in [-0.2, -0.15) is 67.4 Å². The number of hydrogen-bond donors (Lipinski definition) is 9. The molecule has 3 heterocycles. The standard InChI is InChI=1S/C60H60N18O19S7/c1-4-39-40(34-61)56-64-41-15-5-7-17-50(41)77(56)57(79)55(39)76-73-47-27-35(2)43(31-52(47)97-20-10-23-100(82,83)84)70-75-49-30-45(65-60-67-58(62-19-26-103(91,92)93)66-59(68-60)63-37-13-9-14-38(29-37)104(94,95)96)46(33-54(49)99-22-12-25-102(88,89)90)72-74-48-28-36(3)44(32-53(48)98-21-11-24-101(85,86)87)71-69-42-16-6-8-18-51(42)78(80)81/h5-9,13-18,27-33,79H,4,10-12,19-26H2,1-3H3,(H,82,83,84)(H,85,86,87)(H,88,89,90)(H,91,92,93)(H,94,95,96)(H3,62,63,65,66,67,68). The lowest BCUT2D eigenvalue weighted by Gasteiger charge is -2.15. The number of hydrogen-bond acceptors (Lipinski definition) is 32. The Morgan fingerprint density at radius 1 is 0.587 bits per heavy atom. The van der Waals surface area contributed by atoms with Gasteiger partial charge in [0.1, 0.15) is 34.4 Å². The number of benzene rings is 6. The molecule has 9 aromatic rings. The number of nitro benzene ring substituents is 1. The van der Waals surface area contributed by atoms with Crippen LogP contribution in [0.1, 0.15) is 48.4 Å². The summed E-state index contributed by atoms with van der Waals surface area (Å²) in [6.07, 6.45) is -0.240. The molecule has 0 aliphatic heterocycles. The van der Waals surface area contributed by atoms with Gasteiger partial charge in [0, 0.05) is 39.7 Å². The average molecular weight is 1560 g/mol. The third-order valence-electron chi connectivity index (χ3n) is 14.4. The number of nitrogens with one attached hydrogen (secondary N) is 3. The number of azo groups is 4. The van der Waals surface area contributed by atoms with Crippen molar-refractivity contribution in [2.75, 3.05) is 63.6 Å². The van der Waals surface area contributed by atoms with E-state index in [2.05, 4.69) is 82.9 Å². The summed E-state index contributed by atoms with van der Waals surface area (Å²) in [7, 11) is -22.7. The predicted octanol–water partition coefficient (Wildman–Crippen LogP) is 13.4. The average Bonchev–Trinajstić information content (AvgIpc) is 1.57. The summed E-state index contributed by atoms with van der Waals surface area (Å²) in [5.41, 5.74) is 1.90. The van der Waals surface area contributed by atoms with Crippen LogP contribution in [-0.4, -0.2) is 147 Å². The molecular formula is C60H60N18O19S7. The Morgan fingerprint density at radius 3 is 1.75 bits per heavy atom. The highest BCUT2D eigenvalue weighted by atomic mass is 32.2. The molecule has 0 amide bonds. The molecule has 0 fully saturated rings. The van der Waals surface area contributed by atoms with Crippen molar-refractivity contribution in [3.8, 4) is 17.7 Å². The summed E-state index contributed by atoms with van der Waals surface area (Å²) in [4.78, 5) is 28.9. The van der Waals surface area contributed by atoms with Crippen molar-refractivity contribution in [3.63, 3.8) is 0 Å². The first-order valence-corrected chi connectivity index (χ1v) is 40.2. The third kappa shape index (κ3) is 21.7. The Labute approximate surface area is 601 Å². The summed E-state index contributed by atoms with van der Waals surface area (Å²) in [5.74, 6) is -4.36. The van der Waals surface area contributed by atoms with E-state index in [1.54, 1.807) is 45.0 Å². The maximum atomic E-state index is 12.2. The van der Waals surface area contributed by atoms with Crippen molar-refractivity contribution in [3.05, 3.63) is 142 Å². The minimum atomic E-state index is -4.75. The first kappa shape index (κ1) is 78.0. The van der Waals surface area contributed by atoms with Gasteiger partial charge in [-0.1, -0.05) is 37.3 Å². The second kappa shape index (κ2) is 33.5. The van der Waals surface area contributed by atoms with Gasteiger partial charge in [0.2, 0.25) is 23.7 Å². The number of rotatable bonds is 34. The van der Waals surface area contributed by atoms with E-state index in [4.69, 9.17) is 4.74 Å². The summed E-state index contributed by atoms with van der Waals surface area (Å²) >= 11 is 2.07. The van der Waals surface area contributed by atoms with Crippen LogP contribution in [0.2, 0.25) is 0 Å². The summed E-state index contributed by atoms with van der Waals surface area (Å²) in [6.45, 7) is 4.14. The largest absolute Gasteiger partial charge is 0.493 e. The molecular weight excluding hydrogens is 1500 g/mol. The van der Waals surface area contributed by atoms with Gasteiger partial charge in [0.05, 0.1) is 73.2 Å². The van der Waals surface area contributed by atoms with E-state index in [9.17, 15) is 85.3 Å². The first-order valence-electron chi connectivity index (χ1n) is 30.4. The monoisotopic (exact) mass is 1560 g/mol. The van der Waals surface area contributed by atoms with Crippen molar-refractivity contribution in [2.24, 2.45) is 40.9 Å². The molecule has 546 valence electrons. The predicted molar refractivity (Wildman–Crippen MR) is 385 cm³/mol. The molecule has 0 radical (unpaired) electrons. The van der Waals surface area contributed by atoms with Crippen LogP contribution in [0.4, 0.5) is 80.4 Å². The van der Waals surface area contributed by atoms with Crippen LogP contribution in [0.3, 0.4) is 0 Å². The Hall–Kier alpha value is -10.2. The zero-order valence-electron chi connectivity index (χ0n) is 54.4. The summed E-state index contributed by atoms with van der Waals surface area (Å²) in [6, 6.07) is 28.1. The molecule has 3 aromatic heterocycles. The second-order valence-electron chi connectivity index (χ2n) is 22.1. The minimum Gasteiger partial charge on any atom is -0.493 e. The lowest BCUT2D eigenvalue weighted by atomic mass is 10.1. The smallest absolute Gasteiger partial charge is 0.296 e. The van der Waals surface area contributed by atoms with Crippen molar-refractivity contribution in [1.82, 2.24) is 24.3 Å². The molecule has 0 atom stereocenters. The Morgan fingerprint density at radius 2 is 1.12 bits per heavy atom. The maximum Gasteiger partial charge on any atom is 0.296 e. The quantitative estimate of drug-likeness (QED) is 0.00452. The number of nitro groups is 1. The molecule has 0 spiro atoms. The number of pyridine rings is 1. The van der Waals surface area contributed by atoms with E-state index in [-0.39, 0.29) is 146 Å². The van der Waals surface area contributed by atoms with Crippen LogP contribution in [0.15, 0.2) is 165 Å². The molecule has 9 N–H and O–H groups in total. The number of ether oxygens (including phenoxy) is 1. The van der Waals surface area contributed by atoms with Crippen LogP contribution in [0.25, 0.3) is 16.7 Å². The molecule has 0 saturated heterocycles. The fourth-order valence-electron chi connectivity index (χ4n) is 9.57. The van der Waals surface area contributed by atoms with Crippen LogP contribution in [-0.2, 0) is 57.0 Å². The van der Waals surface area contributed by atoms with Gasteiger partial charge in [-0.3, -0.25) is 37.3 Å². The molecule has 0 aliphatic rings. The van der Waals surface area contributed by atoms with Crippen LogP contribution in [0.5, 0.6) is 11.6 Å². The van der Waals surface area contributed by atoms with Gasteiger partial charge in [-0.05, 0) is 129 Å². The Kier molecular flexibility index (Phi) is 25.1. The highest BCUT2D eigenvalue weighted by Gasteiger charge is 2.24. The van der Waals surface area contributed by atoms with Gasteiger partial charge in [0.15, 0.2) is 17.0 Å². The highest BCUT2D eigenvalue weighted by Crippen LogP contribution is 2.46. The number of aromatic hydroxyl groups is 1. The van der Waals surface area contributed by atoms with Crippen molar-refractivity contribution < 1.29 is 79.6 Å². The number of thioether (sulfide) groups is 2. The molecule has 44 heteroatoms. The number of fused-ring (bicyclic) bond motifs is 3. The summed E-state index contributed by atoms with van der Waals surface area (Å²) in [5, 5.41) is 78.4. The zero-order valence-corrected chi connectivity index (χ0v) is 60.1. The SMILES string of the molecule is CCc1c(N=Nc2cc(C)c(N=Nc3cc(Nc4nc(NCCS(=O)(=O)O)nc(Nc5cccc(S(=O)(=O)O)c5)n4)c(N=Nc4cc(C)c(N=Nc5ccccc5[N+](=O)[O-])cc4SCCCS(=O)(=O)O)cc3SCCCS(=O)(=O)O)cc2OCCCS(=O)(=O)O)c(O)n2c(nc3ccccc32)c1C#N. The molecule has 0 bridgehead atoms. The molecule has 9 rings (SSSR count). The van der Waals surface area contributed by atoms with Gasteiger partial charge in [-0.15, -0.1) is 59.3 Å². The summed E-state index contributed by atoms with van der Waals surface area (Å²) < 4.78 is 175. The Bertz CT molecular complexity index is 5590. The van der Waals surface area contributed by atoms with Gasteiger partial charge in [0.25, 0.3) is 56.3 Å². The highest BCUT2D eigenvalue weighted by molar-refractivity contribution is 7.99. The van der Waals surface area contributed by atoms with E-state index in [0.717, 1.165) is 35.7 Å². The van der Waals surface area contributed by atoms with Crippen LogP contribution < -0.4 is 20.7 Å². The van der Waals surface area contributed by atoms with Crippen molar-refractivity contribution in [2.45, 2.75) is 61.1 Å². The van der Waals surface area contributed by atoms with Crippen molar-refractivity contribution in [1.29, 1.82) is 5.26 Å². The van der Waals surface area contributed by atoms with E-state index in [0.29, 0.717) is 32.6 Å².